The van der Waals surface area contributed by atoms with Crippen molar-refractivity contribution >= 4 is 31.7 Å². The Hall–Kier alpha value is -1.72. The van der Waals surface area contributed by atoms with Crippen LogP contribution in [0, 0.1) is 5.82 Å². The first-order chi connectivity index (χ1) is 9.42. The SMILES string of the molecule is C[C@@H](NS(=O)(=O)c1ccc(NS(C)(=O)=O)cc1F)C(=O)O. The summed E-state index contributed by atoms with van der Waals surface area (Å²) in [6, 6.07) is 1.12. The van der Waals surface area contributed by atoms with E-state index in [-0.39, 0.29) is 5.69 Å². The number of rotatable bonds is 6. The summed E-state index contributed by atoms with van der Waals surface area (Å²) in [5.74, 6) is -2.64. The molecule has 0 bridgehead atoms. The van der Waals surface area contributed by atoms with E-state index in [0.29, 0.717) is 6.07 Å². The molecule has 0 saturated heterocycles. The van der Waals surface area contributed by atoms with E-state index in [1.54, 1.807) is 4.72 Å². The van der Waals surface area contributed by atoms with Gasteiger partial charge in [0.25, 0.3) is 0 Å². The molecule has 1 rings (SSSR count). The molecule has 0 amide bonds. The molecule has 0 unspecified atom stereocenters. The first kappa shape index (κ1) is 17.3. The fourth-order valence-corrected chi connectivity index (χ4v) is 3.15. The van der Waals surface area contributed by atoms with E-state index in [1.165, 1.54) is 0 Å². The number of sulfonamides is 2. The third-order valence-electron chi connectivity index (χ3n) is 2.23. The van der Waals surface area contributed by atoms with E-state index in [2.05, 4.69) is 0 Å². The highest BCUT2D eigenvalue weighted by Gasteiger charge is 2.24. The van der Waals surface area contributed by atoms with Crippen LogP contribution in [0.25, 0.3) is 0 Å². The second kappa shape index (κ2) is 5.95. The molecule has 0 heterocycles. The fourth-order valence-electron chi connectivity index (χ4n) is 1.34. The highest BCUT2D eigenvalue weighted by Crippen LogP contribution is 2.19. The molecule has 1 aromatic carbocycles. The van der Waals surface area contributed by atoms with E-state index in [0.717, 1.165) is 25.3 Å². The molecule has 0 fully saturated rings. The molecular weight excluding hydrogens is 327 g/mol. The van der Waals surface area contributed by atoms with E-state index in [1.807, 2.05) is 4.72 Å². The van der Waals surface area contributed by atoms with Crippen LogP contribution in [0.5, 0.6) is 0 Å². The number of hydrogen-bond donors (Lipinski definition) is 3. The first-order valence-corrected chi connectivity index (χ1v) is 8.82. The normalized spacial score (nSPS) is 13.7. The minimum Gasteiger partial charge on any atom is -0.480 e. The van der Waals surface area contributed by atoms with Gasteiger partial charge in [0, 0.05) is 0 Å². The van der Waals surface area contributed by atoms with Crippen LogP contribution < -0.4 is 9.44 Å². The maximum Gasteiger partial charge on any atom is 0.321 e. The molecule has 118 valence electrons. The van der Waals surface area contributed by atoms with Gasteiger partial charge in [0.1, 0.15) is 16.8 Å². The van der Waals surface area contributed by atoms with Crippen LogP contribution in [0.2, 0.25) is 0 Å². The summed E-state index contributed by atoms with van der Waals surface area (Å²) in [7, 11) is -8.01. The van der Waals surface area contributed by atoms with Gasteiger partial charge in [0.15, 0.2) is 0 Å². The molecule has 0 aliphatic rings. The van der Waals surface area contributed by atoms with Crippen molar-refractivity contribution in [2.75, 3.05) is 11.0 Å². The number of carbonyl (C=O) groups is 1. The summed E-state index contributed by atoms with van der Waals surface area (Å²) >= 11 is 0. The maximum absolute atomic E-state index is 13.8. The predicted molar refractivity (Wildman–Crippen MR) is 72.3 cm³/mol. The quantitative estimate of drug-likeness (QED) is 0.666. The first-order valence-electron chi connectivity index (χ1n) is 5.45. The largest absolute Gasteiger partial charge is 0.480 e. The number of anilines is 1. The van der Waals surface area contributed by atoms with Gasteiger partial charge in [-0.1, -0.05) is 0 Å². The van der Waals surface area contributed by atoms with Crippen molar-refractivity contribution in [3.63, 3.8) is 0 Å². The average molecular weight is 340 g/mol. The van der Waals surface area contributed by atoms with Crippen LogP contribution in [-0.4, -0.2) is 40.2 Å². The summed E-state index contributed by atoms with van der Waals surface area (Å²) in [5, 5.41) is 8.64. The molecule has 21 heavy (non-hydrogen) atoms. The zero-order chi connectivity index (χ0) is 16.4. The molecule has 0 aliphatic carbocycles. The monoisotopic (exact) mass is 340 g/mol. The van der Waals surface area contributed by atoms with Crippen LogP contribution in [0.4, 0.5) is 10.1 Å². The number of carboxylic acids is 1. The van der Waals surface area contributed by atoms with Crippen LogP contribution >= 0.6 is 0 Å². The molecule has 0 radical (unpaired) electrons. The fraction of sp³-hybridized carbons (Fsp3) is 0.300. The summed E-state index contributed by atoms with van der Waals surface area (Å²) in [6.45, 7) is 1.08. The zero-order valence-electron chi connectivity index (χ0n) is 11.0. The van der Waals surface area contributed by atoms with E-state index in [9.17, 15) is 26.0 Å². The summed E-state index contributed by atoms with van der Waals surface area (Å²) in [5.41, 5.74) is -0.153. The smallest absolute Gasteiger partial charge is 0.321 e. The number of nitrogens with one attached hydrogen (secondary N) is 2. The maximum atomic E-state index is 13.8. The van der Waals surface area contributed by atoms with Gasteiger partial charge in [-0.15, -0.1) is 0 Å². The van der Waals surface area contributed by atoms with Crippen LogP contribution in [0.15, 0.2) is 23.1 Å². The van der Waals surface area contributed by atoms with E-state index >= 15 is 0 Å². The Morgan fingerprint density at radius 1 is 1.29 bits per heavy atom. The zero-order valence-corrected chi connectivity index (χ0v) is 12.6. The highest BCUT2D eigenvalue weighted by atomic mass is 32.2. The lowest BCUT2D eigenvalue weighted by Crippen LogP contribution is -2.38. The second-order valence-corrected chi connectivity index (χ2v) is 7.63. The van der Waals surface area contributed by atoms with Crippen LogP contribution in [0.3, 0.4) is 0 Å². The van der Waals surface area contributed by atoms with Gasteiger partial charge in [-0.3, -0.25) is 9.52 Å². The predicted octanol–water partition coefficient (Wildman–Crippen LogP) is -0.0514. The third kappa shape index (κ3) is 4.95. The Morgan fingerprint density at radius 3 is 2.29 bits per heavy atom. The highest BCUT2D eigenvalue weighted by molar-refractivity contribution is 7.92. The van der Waals surface area contributed by atoms with Gasteiger partial charge < -0.3 is 5.11 Å². The topological polar surface area (TPSA) is 130 Å². The number of benzene rings is 1. The van der Waals surface area contributed by atoms with Crippen molar-refractivity contribution in [3.8, 4) is 0 Å². The van der Waals surface area contributed by atoms with Crippen molar-refractivity contribution in [1.29, 1.82) is 0 Å². The van der Waals surface area contributed by atoms with Gasteiger partial charge in [0.2, 0.25) is 20.0 Å². The van der Waals surface area contributed by atoms with E-state index in [4.69, 9.17) is 5.11 Å². The second-order valence-electron chi connectivity index (χ2n) is 4.20. The Balaban J connectivity index is 3.12. The van der Waals surface area contributed by atoms with Crippen molar-refractivity contribution in [2.45, 2.75) is 17.9 Å². The van der Waals surface area contributed by atoms with Crippen molar-refractivity contribution in [2.24, 2.45) is 0 Å². The van der Waals surface area contributed by atoms with Gasteiger partial charge in [0.05, 0.1) is 11.9 Å². The number of aliphatic carboxylic acids is 1. The molecule has 1 aromatic rings. The number of carboxylic acid groups (broad SMARTS) is 1. The minimum atomic E-state index is -4.38. The Kier molecular flexibility index (Phi) is 4.91. The molecule has 0 aromatic heterocycles. The molecule has 0 spiro atoms. The van der Waals surface area contributed by atoms with Crippen molar-refractivity contribution in [3.05, 3.63) is 24.0 Å². The third-order valence-corrected chi connectivity index (χ3v) is 4.41. The molecule has 3 N–H and O–H groups in total. The van der Waals surface area contributed by atoms with Gasteiger partial charge in [-0.25, -0.2) is 21.2 Å². The standard InChI is InChI=1S/C10H13FN2O6S2/c1-6(10(14)15)12-21(18,19)9-4-3-7(5-8(9)11)13-20(2,16)17/h3-6,12-13H,1-2H3,(H,14,15)/t6-/m1/s1. The van der Waals surface area contributed by atoms with Crippen molar-refractivity contribution in [1.82, 2.24) is 4.72 Å². The lowest BCUT2D eigenvalue weighted by Gasteiger charge is -2.12. The summed E-state index contributed by atoms with van der Waals surface area (Å²) in [6.07, 6.45) is 0.853. The number of halogens is 1. The molecule has 0 saturated carbocycles. The Bertz CT molecular complexity index is 760. The molecular formula is C10H13FN2O6S2. The molecule has 1 atom stereocenters. The lowest BCUT2D eigenvalue weighted by molar-refractivity contribution is -0.138. The van der Waals surface area contributed by atoms with Crippen LogP contribution in [0.1, 0.15) is 6.92 Å². The lowest BCUT2D eigenvalue weighted by atomic mass is 10.3. The summed E-state index contributed by atoms with van der Waals surface area (Å²) in [4.78, 5) is 9.82. The Morgan fingerprint density at radius 2 is 1.86 bits per heavy atom. The molecule has 0 aliphatic heterocycles. The summed E-state index contributed by atoms with van der Waals surface area (Å²) < 4.78 is 63.1. The van der Waals surface area contributed by atoms with Gasteiger partial charge in [-0.05, 0) is 25.1 Å². The molecule has 11 heteroatoms. The van der Waals surface area contributed by atoms with Gasteiger partial charge >= 0.3 is 5.97 Å². The number of hydrogen-bond acceptors (Lipinski definition) is 5. The Labute approximate surface area is 121 Å². The molecule has 8 nitrogen and oxygen atoms in total. The van der Waals surface area contributed by atoms with Gasteiger partial charge in [-0.2, -0.15) is 4.72 Å². The average Bonchev–Trinajstić information content (AvgIpc) is 2.25. The van der Waals surface area contributed by atoms with Crippen LogP contribution in [-0.2, 0) is 24.8 Å². The van der Waals surface area contributed by atoms with E-state index < -0.39 is 42.8 Å². The minimum absolute atomic E-state index is 0.153. The van der Waals surface area contributed by atoms with Crippen molar-refractivity contribution < 1.29 is 31.1 Å².